The maximum absolute atomic E-state index is 12.3. The molecule has 2 aliphatic rings. The van der Waals surface area contributed by atoms with Gasteiger partial charge in [-0.05, 0) is 43.5 Å². The van der Waals surface area contributed by atoms with Crippen LogP contribution in [0.1, 0.15) is 29.5 Å². The molecule has 25 heavy (non-hydrogen) atoms. The van der Waals surface area contributed by atoms with Gasteiger partial charge >= 0.3 is 6.03 Å². The molecule has 6 heteroatoms. The maximum Gasteiger partial charge on any atom is 0.317 e. The second-order valence-electron chi connectivity index (χ2n) is 6.88. The van der Waals surface area contributed by atoms with E-state index in [9.17, 15) is 4.79 Å². The van der Waals surface area contributed by atoms with Crippen molar-refractivity contribution >= 4 is 6.03 Å². The summed E-state index contributed by atoms with van der Waals surface area (Å²) in [6.07, 6.45) is 1.47. The first-order valence-electron chi connectivity index (χ1n) is 9.00. The Balaban J connectivity index is 1.39. The quantitative estimate of drug-likeness (QED) is 0.850. The second-order valence-corrected chi connectivity index (χ2v) is 6.88. The highest BCUT2D eigenvalue weighted by molar-refractivity contribution is 5.74. The van der Waals surface area contributed by atoms with Gasteiger partial charge in [0, 0.05) is 25.9 Å². The number of carbonyl (C=O) groups is 1. The van der Waals surface area contributed by atoms with Gasteiger partial charge in [0.05, 0.1) is 19.8 Å². The van der Waals surface area contributed by atoms with Crippen LogP contribution in [0.2, 0.25) is 0 Å². The molecule has 0 atom stereocenters. The van der Waals surface area contributed by atoms with E-state index >= 15 is 0 Å². The first-order valence-corrected chi connectivity index (χ1v) is 9.00. The fourth-order valence-corrected chi connectivity index (χ4v) is 3.36. The topological polar surface area (TPSA) is 60.0 Å². The maximum atomic E-state index is 12.3. The molecule has 0 aromatic heterocycles. The van der Waals surface area contributed by atoms with E-state index in [0.29, 0.717) is 39.5 Å². The molecule has 1 N–H and O–H groups in total. The number of ether oxygens (including phenoxy) is 3. The number of amides is 2. The lowest BCUT2D eigenvalue weighted by Gasteiger charge is -2.37. The summed E-state index contributed by atoms with van der Waals surface area (Å²) in [6.45, 7) is 9.77. The summed E-state index contributed by atoms with van der Waals surface area (Å²) in [5.74, 6) is 0.438. The van der Waals surface area contributed by atoms with Crippen molar-refractivity contribution in [1.82, 2.24) is 10.2 Å². The van der Waals surface area contributed by atoms with Gasteiger partial charge in [-0.3, -0.25) is 0 Å². The number of hydrogen-bond acceptors (Lipinski definition) is 4. The van der Waals surface area contributed by atoms with Crippen LogP contribution >= 0.6 is 0 Å². The van der Waals surface area contributed by atoms with Crippen molar-refractivity contribution < 1.29 is 19.0 Å². The highest BCUT2D eigenvalue weighted by Crippen LogP contribution is 2.31. The van der Waals surface area contributed by atoms with Crippen molar-refractivity contribution in [3.63, 3.8) is 0 Å². The van der Waals surface area contributed by atoms with Crippen LogP contribution in [0.4, 0.5) is 4.79 Å². The minimum atomic E-state index is -0.444. The summed E-state index contributed by atoms with van der Waals surface area (Å²) in [4.78, 5) is 14.1. The normalized spacial score (nSPS) is 19.2. The molecule has 2 amide bonds. The third-order valence-corrected chi connectivity index (χ3v) is 5.05. The van der Waals surface area contributed by atoms with Crippen molar-refractivity contribution in [3.8, 4) is 5.75 Å². The number of nitrogens with zero attached hydrogens (tertiary/aromatic N) is 1. The number of piperidine rings is 1. The van der Waals surface area contributed by atoms with E-state index in [0.717, 1.165) is 24.2 Å². The fourth-order valence-electron chi connectivity index (χ4n) is 3.36. The minimum Gasteiger partial charge on any atom is -0.491 e. The van der Waals surface area contributed by atoms with Gasteiger partial charge in [0.2, 0.25) is 0 Å². The smallest absolute Gasteiger partial charge is 0.317 e. The van der Waals surface area contributed by atoms with Gasteiger partial charge in [-0.1, -0.05) is 6.07 Å². The minimum absolute atomic E-state index is 0.0479. The predicted molar refractivity (Wildman–Crippen MR) is 95.0 cm³/mol. The Labute approximate surface area is 149 Å². The highest BCUT2D eigenvalue weighted by Gasteiger charge is 2.40. The van der Waals surface area contributed by atoms with Crippen LogP contribution in [0.5, 0.6) is 5.75 Å². The van der Waals surface area contributed by atoms with Crippen molar-refractivity contribution in [3.05, 3.63) is 28.8 Å². The van der Waals surface area contributed by atoms with E-state index in [1.807, 2.05) is 11.8 Å². The number of likely N-dealkylation sites (tertiary alicyclic amines) is 1. The molecule has 0 saturated carbocycles. The Morgan fingerprint density at radius 3 is 2.44 bits per heavy atom. The predicted octanol–water partition coefficient (Wildman–Crippen LogP) is 2.54. The molecule has 2 saturated heterocycles. The van der Waals surface area contributed by atoms with Crippen LogP contribution in [-0.2, 0) is 9.47 Å². The SMILES string of the molecule is Cc1cc(C)c(OCCNC(=O)N2CCC3(CC2)OCCO3)cc1C. The van der Waals surface area contributed by atoms with Crippen molar-refractivity contribution in [2.75, 3.05) is 39.5 Å². The molecule has 2 fully saturated rings. The lowest BCUT2D eigenvalue weighted by Crippen LogP contribution is -2.50. The van der Waals surface area contributed by atoms with Crippen LogP contribution in [0.25, 0.3) is 0 Å². The van der Waals surface area contributed by atoms with Gasteiger partial charge in [-0.2, -0.15) is 0 Å². The lowest BCUT2D eigenvalue weighted by molar-refractivity contribution is -0.181. The number of urea groups is 1. The second kappa shape index (κ2) is 7.62. The number of benzene rings is 1. The van der Waals surface area contributed by atoms with Gasteiger partial charge in [-0.15, -0.1) is 0 Å². The van der Waals surface area contributed by atoms with Crippen LogP contribution in [0, 0.1) is 20.8 Å². The molecule has 0 unspecified atom stereocenters. The van der Waals surface area contributed by atoms with Gasteiger partial charge in [0.1, 0.15) is 12.4 Å². The summed E-state index contributed by atoms with van der Waals surface area (Å²) in [5, 5.41) is 2.93. The first kappa shape index (κ1) is 18.0. The van der Waals surface area contributed by atoms with Crippen LogP contribution in [0.3, 0.4) is 0 Å². The van der Waals surface area contributed by atoms with Gasteiger partial charge in [0.25, 0.3) is 0 Å². The number of nitrogens with one attached hydrogen (secondary N) is 1. The molecular weight excluding hydrogens is 320 g/mol. The van der Waals surface area contributed by atoms with Gasteiger partial charge in [-0.25, -0.2) is 4.79 Å². The molecule has 2 heterocycles. The van der Waals surface area contributed by atoms with E-state index in [1.165, 1.54) is 11.1 Å². The zero-order valence-corrected chi connectivity index (χ0v) is 15.4. The van der Waals surface area contributed by atoms with E-state index in [1.54, 1.807) is 0 Å². The third-order valence-electron chi connectivity index (χ3n) is 5.05. The average Bonchev–Trinajstić information content (AvgIpc) is 3.04. The number of rotatable bonds is 4. The van der Waals surface area contributed by atoms with E-state index in [4.69, 9.17) is 14.2 Å². The molecule has 0 bridgehead atoms. The van der Waals surface area contributed by atoms with Gasteiger partial charge in [0.15, 0.2) is 5.79 Å². The molecule has 1 aromatic carbocycles. The van der Waals surface area contributed by atoms with Gasteiger partial charge < -0.3 is 24.4 Å². The Morgan fingerprint density at radius 2 is 1.76 bits per heavy atom. The zero-order valence-electron chi connectivity index (χ0n) is 15.4. The van der Waals surface area contributed by atoms with Crippen molar-refractivity contribution in [2.24, 2.45) is 0 Å². The highest BCUT2D eigenvalue weighted by atomic mass is 16.7. The molecule has 1 spiro atoms. The molecule has 138 valence electrons. The molecule has 6 nitrogen and oxygen atoms in total. The monoisotopic (exact) mass is 348 g/mol. The largest absolute Gasteiger partial charge is 0.491 e. The number of hydrogen-bond donors (Lipinski definition) is 1. The summed E-state index contributed by atoms with van der Waals surface area (Å²) >= 11 is 0. The lowest BCUT2D eigenvalue weighted by atomic mass is 10.0. The van der Waals surface area contributed by atoms with Crippen molar-refractivity contribution in [2.45, 2.75) is 39.4 Å². The Bertz CT molecular complexity index is 616. The standard InChI is InChI=1S/C19H28N2O4/c1-14-12-16(3)17(13-15(14)2)23-9-6-20-18(22)21-7-4-19(5-8-21)24-10-11-25-19/h12-13H,4-11H2,1-3H3,(H,20,22). The molecule has 0 radical (unpaired) electrons. The summed E-state index contributed by atoms with van der Waals surface area (Å²) in [7, 11) is 0. The fraction of sp³-hybridized carbons (Fsp3) is 0.632. The number of aryl methyl sites for hydroxylation is 3. The number of carbonyl (C=O) groups excluding carboxylic acids is 1. The molecular formula is C19H28N2O4. The van der Waals surface area contributed by atoms with E-state index in [-0.39, 0.29) is 6.03 Å². The zero-order chi connectivity index (χ0) is 17.9. The Hall–Kier alpha value is -1.79. The molecule has 2 aliphatic heterocycles. The Kier molecular flexibility index (Phi) is 5.49. The summed E-state index contributed by atoms with van der Waals surface area (Å²) in [5.41, 5.74) is 3.59. The van der Waals surface area contributed by atoms with Crippen LogP contribution in [-0.4, -0.2) is 56.2 Å². The van der Waals surface area contributed by atoms with E-state index in [2.05, 4.69) is 31.3 Å². The molecule has 0 aliphatic carbocycles. The Morgan fingerprint density at radius 1 is 1.12 bits per heavy atom. The van der Waals surface area contributed by atoms with Crippen LogP contribution < -0.4 is 10.1 Å². The molecule has 1 aromatic rings. The third kappa shape index (κ3) is 4.25. The van der Waals surface area contributed by atoms with Crippen LogP contribution in [0.15, 0.2) is 12.1 Å². The summed E-state index contributed by atoms with van der Waals surface area (Å²) < 4.78 is 17.2. The summed E-state index contributed by atoms with van der Waals surface area (Å²) in [6, 6.07) is 4.13. The molecule has 3 rings (SSSR count). The van der Waals surface area contributed by atoms with Crippen molar-refractivity contribution in [1.29, 1.82) is 0 Å². The average molecular weight is 348 g/mol. The van der Waals surface area contributed by atoms with E-state index < -0.39 is 5.79 Å². The first-order chi connectivity index (χ1) is 12.0.